The molecule has 0 aliphatic rings. The van der Waals surface area contributed by atoms with Crippen molar-refractivity contribution < 1.29 is 0 Å². The Morgan fingerprint density at radius 2 is 1.09 bits per heavy atom. The van der Waals surface area contributed by atoms with Gasteiger partial charge in [0.1, 0.15) is 0 Å². The van der Waals surface area contributed by atoms with Crippen LogP contribution in [-0.4, -0.2) is 65.7 Å². The monoisotopic (exact) mass is 434 g/mol. The fourth-order valence-corrected chi connectivity index (χ4v) is 4.49. The molecule has 0 bridgehead atoms. The Kier molecular flexibility index (Phi) is 6.53. The number of nitrogens with zero attached hydrogens (tertiary/aromatic N) is 8. The third-order valence-corrected chi connectivity index (χ3v) is 5.92. The molecule has 32 heavy (non-hydrogen) atoms. The molecule has 4 aromatic rings. The predicted molar refractivity (Wildman–Crippen MR) is 127 cm³/mol. The topological polar surface area (TPSA) is 66.9 Å². The lowest BCUT2D eigenvalue weighted by molar-refractivity contribution is 0.281. The molecule has 0 unspecified atom stereocenters. The first-order chi connectivity index (χ1) is 15.3. The van der Waals surface area contributed by atoms with E-state index in [-0.39, 0.29) is 0 Å². The van der Waals surface area contributed by atoms with Gasteiger partial charge in [-0.3, -0.25) is 8.80 Å². The van der Waals surface area contributed by atoms with Crippen LogP contribution < -0.4 is 0 Å². The predicted octanol–water partition coefficient (Wildman–Crippen LogP) is 3.35. The first-order valence-electron chi connectivity index (χ1n) is 11.3. The first kappa shape index (κ1) is 22.4. The van der Waals surface area contributed by atoms with Gasteiger partial charge in [-0.15, -0.1) is 0 Å². The lowest BCUT2D eigenvalue weighted by atomic mass is 10.2. The quantitative estimate of drug-likeness (QED) is 0.377. The molecule has 0 aliphatic carbocycles. The zero-order valence-corrected chi connectivity index (χ0v) is 20.1. The Balaban J connectivity index is 1.26. The summed E-state index contributed by atoms with van der Waals surface area (Å²) in [6.07, 6.45) is 6.21. The van der Waals surface area contributed by atoms with E-state index in [0.29, 0.717) is 0 Å². The molecule has 0 spiro atoms. The Morgan fingerprint density at radius 3 is 1.50 bits per heavy atom. The van der Waals surface area contributed by atoms with Crippen molar-refractivity contribution in [2.75, 3.05) is 27.2 Å². The van der Waals surface area contributed by atoms with Crippen LogP contribution >= 0.6 is 0 Å². The van der Waals surface area contributed by atoms with Crippen LogP contribution in [0.25, 0.3) is 11.6 Å². The molecule has 0 aliphatic heterocycles. The van der Waals surface area contributed by atoms with E-state index in [1.165, 1.54) is 22.8 Å². The van der Waals surface area contributed by atoms with Gasteiger partial charge in [0.05, 0.1) is 23.8 Å². The third-order valence-electron chi connectivity index (χ3n) is 5.92. The Morgan fingerprint density at radius 1 is 0.688 bits per heavy atom. The summed E-state index contributed by atoms with van der Waals surface area (Å²) in [7, 11) is 4.35. The van der Waals surface area contributed by atoms with Crippen molar-refractivity contribution in [2.45, 2.75) is 53.6 Å². The van der Waals surface area contributed by atoms with Crippen molar-refractivity contribution in [2.24, 2.45) is 0 Å². The van der Waals surface area contributed by atoms with Crippen LogP contribution in [0.2, 0.25) is 0 Å². The van der Waals surface area contributed by atoms with Crippen molar-refractivity contribution in [1.29, 1.82) is 0 Å². The molecule has 8 heteroatoms. The molecule has 0 aromatic carbocycles. The van der Waals surface area contributed by atoms with Gasteiger partial charge in [0, 0.05) is 35.9 Å². The minimum atomic E-state index is 0.792. The molecule has 0 saturated heterocycles. The van der Waals surface area contributed by atoms with Gasteiger partial charge in [-0.1, -0.05) is 0 Å². The van der Waals surface area contributed by atoms with Gasteiger partial charge in [-0.05, 0) is 79.9 Å². The van der Waals surface area contributed by atoms with Crippen molar-refractivity contribution >= 4 is 11.6 Å². The summed E-state index contributed by atoms with van der Waals surface area (Å²) in [6, 6.07) is 4.22. The number of hydrogen-bond acceptors (Lipinski definition) is 6. The van der Waals surface area contributed by atoms with E-state index in [2.05, 4.69) is 78.6 Å². The molecule has 0 radical (unpaired) electrons. The number of unbranched alkanes of at least 4 members (excludes halogenated alkanes) is 1. The standard InChI is InChI=1S/C24H34N8/c1-17-11-19(3)31-21(13-25-23(31)27-17)15-29(5)9-7-8-10-30(6)16-22-14-26-24-28-18(2)12-20(4)32(22)24/h11-14H,7-10,15-16H2,1-6H3. The average molecular weight is 435 g/mol. The third kappa shape index (κ3) is 4.81. The Hall–Kier alpha value is -2.84. The van der Waals surface area contributed by atoms with E-state index >= 15 is 0 Å². The number of imidazole rings is 2. The highest BCUT2D eigenvalue weighted by molar-refractivity contribution is 5.36. The van der Waals surface area contributed by atoms with Gasteiger partial charge in [-0.25, -0.2) is 19.9 Å². The smallest absolute Gasteiger partial charge is 0.234 e. The van der Waals surface area contributed by atoms with Crippen molar-refractivity contribution in [3.63, 3.8) is 0 Å². The summed E-state index contributed by atoms with van der Waals surface area (Å²) in [5.74, 6) is 1.58. The summed E-state index contributed by atoms with van der Waals surface area (Å²) < 4.78 is 4.32. The van der Waals surface area contributed by atoms with Gasteiger partial charge in [0.15, 0.2) is 0 Å². The highest BCUT2D eigenvalue weighted by Crippen LogP contribution is 2.14. The number of aromatic nitrogens is 6. The maximum atomic E-state index is 4.54. The zero-order valence-electron chi connectivity index (χ0n) is 20.1. The van der Waals surface area contributed by atoms with Crippen LogP contribution in [-0.2, 0) is 13.1 Å². The van der Waals surface area contributed by atoms with E-state index in [1.807, 2.05) is 26.2 Å². The lowest BCUT2D eigenvalue weighted by Crippen LogP contribution is -2.23. The van der Waals surface area contributed by atoms with Crippen molar-refractivity contribution in [1.82, 2.24) is 38.5 Å². The van der Waals surface area contributed by atoms with Gasteiger partial charge >= 0.3 is 0 Å². The summed E-state index contributed by atoms with van der Waals surface area (Å²) in [5, 5.41) is 0. The van der Waals surface area contributed by atoms with E-state index in [4.69, 9.17) is 0 Å². The first-order valence-corrected chi connectivity index (χ1v) is 11.3. The lowest BCUT2D eigenvalue weighted by Gasteiger charge is -2.19. The second kappa shape index (κ2) is 9.34. The fourth-order valence-electron chi connectivity index (χ4n) is 4.49. The zero-order chi connectivity index (χ0) is 22.8. The average Bonchev–Trinajstić information content (AvgIpc) is 3.29. The normalized spacial score (nSPS) is 12.1. The van der Waals surface area contributed by atoms with E-state index in [9.17, 15) is 0 Å². The summed E-state index contributed by atoms with van der Waals surface area (Å²) in [5.41, 5.74) is 6.77. The van der Waals surface area contributed by atoms with Gasteiger partial charge in [0.25, 0.3) is 0 Å². The maximum Gasteiger partial charge on any atom is 0.234 e. The van der Waals surface area contributed by atoms with Crippen LogP contribution in [0.4, 0.5) is 0 Å². The number of aryl methyl sites for hydroxylation is 4. The van der Waals surface area contributed by atoms with Crippen molar-refractivity contribution in [3.05, 3.63) is 58.7 Å². The molecule has 4 heterocycles. The molecule has 4 aromatic heterocycles. The largest absolute Gasteiger partial charge is 0.301 e. The van der Waals surface area contributed by atoms with Crippen LogP contribution in [0.5, 0.6) is 0 Å². The highest BCUT2D eigenvalue weighted by Gasteiger charge is 2.12. The van der Waals surface area contributed by atoms with Crippen LogP contribution in [0, 0.1) is 27.7 Å². The number of fused-ring (bicyclic) bond motifs is 2. The summed E-state index contributed by atoms with van der Waals surface area (Å²) in [6.45, 7) is 12.1. The molecule has 0 amide bonds. The highest BCUT2D eigenvalue weighted by atomic mass is 15.2. The van der Waals surface area contributed by atoms with Crippen LogP contribution in [0.1, 0.15) is 47.0 Å². The Bertz CT molecular complexity index is 1130. The van der Waals surface area contributed by atoms with E-state index in [1.54, 1.807) is 0 Å². The molecule has 170 valence electrons. The minimum absolute atomic E-state index is 0.792. The molecule has 0 atom stereocenters. The molecule has 4 rings (SSSR count). The molecular formula is C24H34N8. The molecule has 8 nitrogen and oxygen atoms in total. The minimum Gasteiger partial charge on any atom is -0.301 e. The number of hydrogen-bond donors (Lipinski definition) is 0. The second-order valence-corrected chi connectivity index (χ2v) is 9.03. The van der Waals surface area contributed by atoms with Crippen LogP contribution in [0.3, 0.4) is 0 Å². The second-order valence-electron chi connectivity index (χ2n) is 9.03. The van der Waals surface area contributed by atoms with Gasteiger partial charge in [0.2, 0.25) is 11.6 Å². The molecule has 0 saturated carbocycles. The van der Waals surface area contributed by atoms with Gasteiger partial charge in [-0.2, -0.15) is 0 Å². The van der Waals surface area contributed by atoms with Gasteiger partial charge < -0.3 is 9.80 Å². The van der Waals surface area contributed by atoms with Crippen molar-refractivity contribution in [3.8, 4) is 0 Å². The summed E-state index contributed by atoms with van der Waals surface area (Å²) >= 11 is 0. The van der Waals surface area contributed by atoms with Crippen LogP contribution in [0.15, 0.2) is 24.5 Å². The fraction of sp³-hybridized carbons (Fsp3) is 0.500. The number of rotatable bonds is 9. The maximum absolute atomic E-state index is 4.54. The molecular weight excluding hydrogens is 400 g/mol. The molecule has 0 N–H and O–H groups in total. The summed E-state index contributed by atoms with van der Waals surface area (Å²) in [4.78, 5) is 22.8. The Labute approximate surface area is 190 Å². The van der Waals surface area contributed by atoms with E-state index < -0.39 is 0 Å². The SMILES string of the molecule is Cc1cc(C)n2c(CN(C)CCCCN(C)Cc3cnc4nc(C)cc(C)n34)cnc2n1. The molecule has 0 fully saturated rings. The van der Waals surface area contributed by atoms with E-state index in [0.717, 1.165) is 62.0 Å².